The van der Waals surface area contributed by atoms with Crippen molar-refractivity contribution in [1.29, 1.82) is 0 Å². The Labute approximate surface area is 126 Å². The number of fused-ring (bicyclic) bond motifs is 3. The fourth-order valence-corrected chi connectivity index (χ4v) is 3.07. The Kier molecular flexibility index (Phi) is 4.36. The zero-order valence-electron chi connectivity index (χ0n) is 12.4. The lowest BCUT2D eigenvalue weighted by Gasteiger charge is -2.29. The number of rotatable bonds is 2. The molecule has 2 fully saturated rings. The van der Waals surface area contributed by atoms with Gasteiger partial charge in [-0.3, -0.25) is 9.69 Å². The van der Waals surface area contributed by atoms with E-state index < -0.39 is 0 Å². The molecule has 4 heteroatoms. The van der Waals surface area contributed by atoms with Crippen molar-refractivity contribution in [2.75, 3.05) is 39.9 Å². The number of carbonyl (C=O) groups is 1. The van der Waals surface area contributed by atoms with Crippen LogP contribution < -0.4 is 0 Å². The van der Waals surface area contributed by atoms with E-state index in [1.54, 1.807) is 6.08 Å². The van der Waals surface area contributed by atoms with Gasteiger partial charge in [0.2, 0.25) is 5.91 Å². The maximum Gasteiger partial charge on any atom is 0.246 e. The van der Waals surface area contributed by atoms with Gasteiger partial charge in [-0.2, -0.15) is 0 Å². The monoisotopic (exact) mass is 286 g/mol. The van der Waals surface area contributed by atoms with Crippen molar-refractivity contribution in [3.63, 3.8) is 0 Å². The summed E-state index contributed by atoms with van der Waals surface area (Å²) >= 11 is 0. The van der Waals surface area contributed by atoms with E-state index in [1.165, 1.54) is 0 Å². The van der Waals surface area contributed by atoms with Gasteiger partial charge in [0.25, 0.3) is 0 Å². The van der Waals surface area contributed by atoms with Gasteiger partial charge in [-0.1, -0.05) is 30.3 Å². The molecule has 0 spiro atoms. The second-order valence-electron chi connectivity index (χ2n) is 5.98. The van der Waals surface area contributed by atoms with Gasteiger partial charge in [-0.05, 0) is 18.7 Å². The van der Waals surface area contributed by atoms with Crippen LogP contribution in [0.4, 0.5) is 0 Å². The fourth-order valence-electron chi connectivity index (χ4n) is 3.07. The third-order valence-electron chi connectivity index (χ3n) is 4.27. The lowest BCUT2D eigenvalue weighted by molar-refractivity contribution is -0.127. The molecule has 1 amide bonds. The van der Waals surface area contributed by atoms with Crippen LogP contribution in [-0.2, 0) is 9.53 Å². The molecule has 0 unspecified atom stereocenters. The number of amides is 1. The molecule has 2 aliphatic rings. The molecule has 112 valence electrons. The van der Waals surface area contributed by atoms with Gasteiger partial charge < -0.3 is 9.64 Å². The highest BCUT2D eigenvalue weighted by Gasteiger charge is 2.32. The molecule has 0 N–H and O–H groups in total. The van der Waals surface area contributed by atoms with Gasteiger partial charge in [-0.15, -0.1) is 0 Å². The Morgan fingerprint density at radius 1 is 1.19 bits per heavy atom. The molecule has 3 rings (SSSR count). The van der Waals surface area contributed by atoms with E-state index in [0.29, 0.717) is 12.0 Å². The summed E-state index contributed by atoms with van der Waals surface area (Å²) in [6.07, 6.45) is 3.58. The SMILES string of the molecule is CN1C[C@H]2COC[C@@H]1CN(C(=O)C=Cc1ccccc1)C2. The molecule has 21 heavy (non-hydrogen) atoms. The van der Waals surface area contributed by atoms with Crippen molar-refractivity contribution < 1.29 is 9.53 Å². The van der Waals surface area contributed by atoms with Gasteiger partial charge in [0, 0.05) is 31.6 Å². The van der Waals surface area contributed by atoms with Crippen LogP contribution in [0.25, 0.3) is 6.08 Å². The number of hydrogen-bond donors (Lipinski definition) is 0. The van der Waals surface area contributed by atoms with E-state index in [2.05, 4.69) is 11.9 Å². The molecule has 4 nitrogen and oxygen atoms in total. The zero-order chi connectivity index (χ0) is 14.7. The highest BCUT2D eigenvalue weighted by atomic mass is 16.5. The van der Waals surface area contributed by atoms with Gasteiger partial charge in [0.05, 0.1) is 19.3 Å². The summed E-state index contributed by atoms with van der Waals surface area (Å²) in [6.45, 7) is 4.03. The van der Waals surface area contributed by atoms with Crippen LogP contribution in [0.15, 0.2) is 36.4 Å². The second kappa shape index (κ2) is 6.41. The standard InChI is InChI=1S/C17H22N2O2/c1-18-9-15-10-19(11-16(18)13-21-12-15)17(20)8-7-14-5-3-2-4-6-14/h2-8,15-16H,9-13H2,1H3/t15-,16+/m1/s1. The summed E-state index contributed by atoms with van der Waals surface area (Å²) in [7, 11) is 2.13. The fraction of sp³-hybridized carbons (Fsp3) is 0.471. The topological polar surface area (TPSA) is 32.8 Å². The first kappa shape index (κ1) is 14.3. The molecule has 0 aliphatic carbocycles. The minimum atomic E-state index is 0.103. The van der Waals surface area contributed by atoms with Crippen molar-refractivity contribution in [3.8, 4) is 0 Å². The summed E-state index contributed by atoms with van der Waals surface area (Å²) in [6, 6.07) is 10.3. The number of hydrogen-bond acceptors (Lipinski definition) is 3. The van der Waals surface area contributed by atoms with Gasteiger partial charge in [-0.25, -0.2) is 0 Å². The van der Waals surface area contributed by atoms with E-state index in [0.717, 1.165) is 38.4 Å². The third-order valence-corrected chi connectivity index (χ3v) is 4.27. The Hall–Kier alpha value is -1.65. The van der Waals surface area contributed by atoms with Gasteiger partial charge in [0.1, 0.15) is 0 Å². The largest absolute Gasteiger partial charge is 0.379 e. The summed E-state index contributed by atoms with van der Waals surface area (Å²) in [5.74, 6) is 0.516. The second-order valence-corrected chi connectivity index (χ2v) is 5.98. The van der Waals surface area contributed by atoms with Crippen molar-refractivity contribution in [1.82, 2.24) is 9.80 Å². The molecule has 1 aromatic rings. The lowest BCUT2D eigenvalue weighted by atomic mass is 10.1. The summed E-state index contributed by atoms with van der Waals surface area (Å²) < 4.78 is 5.69. The van der Waals surface area contributed by atoms with Crippen LogP contribution in [-0.4, -0.2) is 61.6 Å². The molecule has 1 aromatic carbocycles. The lowest BCUT2D eigenvalue weighted by Crippen LogP contribution is -2.44. The molecular formula is C17H22N2O2. The minimum Gasteiger partial charge on any atom is -0.379 e. The van der Waals surface area contributed by atoms with Crippen LogP contribution >= 0.6 is 0 Å². The molecular weight excluding hydrogens is 264 g/mol. The summed E-state index contributed by atoms with van der Waals surface area (Å²) in [4.78, 5) is 16.7. The van der Waals surface area contributed by atoms with Gasteiger partial charge in [0.15, 0.2) is 0 Å². The maximum absolute atomic E-state index is 12.4. The maximum atomic E-state index is 12.4. The predicted octanol–water partition coefficient (Wildman–Crippen LogP) is 1.49. The molecule has 0 aromatic heterocycles. The van der Waals surface area contributed by atoms with E-state index in [9.17, 15) is 4.79 Å². The Morgan fingerprint density at radius 2 is 2.00 bits per heavy atom. The minimum absolute atomic E-state index is 0.103. The van der Waals surface area contributed by atoms with Crippen molar-refractivity contribution in [2.45, 2.75) is 6.04 Å². The Bertz CT molecular complexity index is 515. The molecule has 2 heterocycles. The average molecular weight is 286 g/mol. The summed E-state index contributed by atoms with van der Waals surface area (Å²) in [5, 5.41) is 0. The highest BCUT2D eigenvalue weighted by Crippen LogP contribution is 2.18. The van der Waals surface area contributed by atoms with Crippen LogP contribution in [0.3, 0.4) is 0 Å². The number of nitrogens with zero attached hydrogens (tertiary/aromatic N) is 2. The molecule has 0 saturated carbocycles. The van der Waals surface area contributed by atoms with E-state index in [-0.39, 0.29) is 5.91 Å². The van der Waals surface area contributed by atoms with Crippen molar-refractivity contribution >= 4 is 12.0 Å². The number of likely N-dealkylation sites (N-methyl/N-ethyl adjacent to an activating group) is 1. The van der Waals surface area contributed by atoms with E-state index in [1.807, 2.05) is 41.3 Å². The number of benzene rings is 1. The number of carbonyl (C=O) groups excluding carboxylic acids is 1. The molecule has 2 bridgehead atoms. The van der Waals surface area contributed by atoms with Crippen LogP contribution in [0.2, 0.25) is 0 Å². The van der Waals surface area contributed by atoms with Gasteiger partial charge >= 0.3 is 0 Å². The molecule has 2 aliphatic heterocycles. The van der Waals surface area contributed by atoms with Crippen molar-refractivity contribution in [2.24, 2.45) is 5.92 Å². The van der Waals surface area contributed by atoms with Crippen LogP contribution in [0.5, 0.6) is 0 Å². The molecule has 0 radical (unpaired) electrons. The Balaban J connectivity index is 1.69. The quantitative estimate of drug-likeness (QED) is 0.772. The molecule has 2 atom stereocenters. The summed E-state index contributed by atoms with van der Waals surface area (Å²) in [5.41, 5.74) is 1.06. The highest BCUT2D eigenvalue weighted by molar-refractivity contribution is 5.91. The van der Waals surface area contributed by atoms with Crippen molar-refractivity contribution in [3.05, 3.63) is 42.0 Å². The normalized spacial score (nSPS) is 26.8. The molecule has 2 saturated heterocycles. The first-order valence-corrected chi connectivity index (χ1v) is 7.52. The van der Waals surface area contributed by atoms with Crippen LogP contribution in [0, 0.1) is 5.92 Å². The van der Waals surface area contributed by atoms with E-state index >= 15 is 0 Å². The smallest absolute Gasteiger partial charge is 0.246 e. The third kappa shape index (κ3) is 3.52. The number of ether oxygens (including phenoxy) is 1. The first-order valence-electron chi connectivity index (χ1n) is 7.52. The first-order chi connectivity index (χ1) is 10.2. The van der Waals surface area contributed by atoms with Crippen LogP contribution in [0.1, 0.15) is 5.56 Å². The predicted molar refractivity (Wildman–Crippen MR) is 82.8 cm³/mol. The average Bonchev–Trinajstić information content (AvgIpc) is 2.74. The van der Waals surface area contributed by atoms with E-state index in [4.69, 9.17) is 4.74 Å². The Morgan fingerprint density at radius 3 is 2.81 bits per heavy atom. The zero-order valence-corrected chi connectivity index (χ0v) is 12.4.